The van der Waals surface area contributed by atoms with Crippen molar-refractivity contribution >= 4 is 21.6 Å². The Bertz CT molecular complexity index is 834. The van der Waals surface area contributed by atoms with Crippen LogP contribution in [-0.2, 0) is 20.2 Å². The summed E-state index contributed by atoms with van der Waals surface area (Å²) >= 11 is 1.79. The van der Waals surface area contributed by atoms with Gasteiger partial charge in [-0.25, -0.2) is 8.42 Å². The fourth-order valence-corrected chi connectivity index (χ4v) is 4.72. The summed E-state index contributed by atoms with van der Waals surface area (Å²) in [5, 5.41) is 11.6. The number of rotatable bonds is 6. The molecule has 4 nitrogen and oxygen atoms in total. The molecule has 6 heteroatoms. The Morgan fingerprint density at radius 3 is 2.38 bits per heavy atom. The van der Waals surface area contributed by atoms with E-state index in [0.717, 1.165) is 17.1 Å². The van der Waals surface area contributed by atoms with Crippen LogP contribution in [0.2, 0.25) is 0 Å². The maximum Gasteiger partial charge on any atom is 0.175 e. The molecule has 1 saturated heterocycles. The summed E-state index contributed by atoms with van der Waals surface area (Å²) in [6, 6.07) is 16.2. The Labute approximate surface area is 159 Å². The quantitative estimate of drug-likeness (QED) is 0.814. The van der Waals surface area contributed by atoms with Gasteiger partial charge in [0.2, 0.25) is 0 Å². The molecule has 0 bridgehead atoms. The SMILES string of the molecule is CCSC[C@@H]1C[C@](O)(c2ccc(S(C)(=O)=O)cc2)[C@@H](c2ccccc2)O1. The van der Waals surface area contributed by atoms with Crippen LogP contribution in [0.4, 0.5) is 0 Å². The molecule has 2 aromatic carbocycles. The summed E-state index contributed by atoms with van der Waals surface area (Å²) in [7, 11) is -3.27. The average Bonchev–Trinajstić information content (AvgIpc) is 2.98. The fourth-order valence-electron chi connectivity index (χ4n) is 3.40. The molecule has 0 aliphatic carbocycles. The van der Waals surface area contributed by atoms with Crippen LogP contribution in [0.3, 0.4) is 0 Å². The maximum atomic E-state index is 11.7. The van der Waals surface area contributed by atoms with E-state index >= 15 is 0 Å². The van der Waals surface area contributed by atoms with Crippen molar-refractivity contribution in [3.63, 3.8) is 0 Å². The number of hydrogen-bond acceptors (Lipinski definition) is 5. The van der Waals surface area contributed by atoms with E-state index in [-0.39, 0.29) is 11.0 Å². The molecule has 140 valence electrons. The third-order valence-corrected chi connectivity index (χ3v) is 6.84. The number of thioether (sulfide) groups is 1. The molecule has 1 aliphatic heterocycles. The minimum atomic E-state index is -3.27. The monoisotopic (exact) mass is 392 g/mol. The number of hydrogen-bond donors (Lipinski definition) is 1. The minimum Gasteiger partial charge on any atom is -0.382 e. The number of benzene rings is 2. The first kappa shape index (κ1) is 19.4. The van der Waals surface area contributed by atoms with E-state index in [4.69, 9.17) is 4.74 Å². The highest BCUT2D eigenvalue weighted by molar-refractivity contribution is 7.99. The van der Waals surface area contributed by atoms with Gasteiger partial charge in [0.15, 0.2) is 9.84 Å². The van der Waals surface area contributed by atoms with Crippen molar-refractivity contribution in [3.05, 3.63) is 65.7 Å². The zero-order valence-corrected chi connectivity index (χ0v) is 16.6. The largest absolute Gasteiger partial charge is 0.382 e. The Morgan fingerprint density at radius 2 is 1.81 bits per heavy atom. The van der Waals surface area contributed by atoms with Crippen LogP contribution in [0, 0.1) is 0 Å². The van der Waals surface area contributed by atoms with Gasteiger partial charge < -0.3 is 9.84 Å². The molecule has 2 aromatic rings. The molecule has 0 spiro atoms. The summed E-state index contributed by atoms with van der Waals surface area (Å²) in [5.74, 6) is 1.82. The molecule has 1 heterocycles. The highest BCUT2D eigenvalue weighted by Gasteiger charge is 2.49. The van der Waals surface area contributed by atoms with Gasteiger partial charge in [0.25, 0.3) is 0 Å². The summed E-state index contributed by atoms with van der Waals surface area (Å²) in [6.45, 7) is 2.10. The van der Waals surface area contributed by atoms with E-state index in [9.17, 15) is 13.5 Å². The van der Waals surface area contributed by atoms with E-state index < -0.39 is 21.5 Å². The molecule has 0 saturated carbocycles. The lowest BCUT2D eigenvalue weighted by molar-refractivity contribution is -0.0515. The predicted octanol–water partition coefficient (Wildman–Crippen LogP) is 3.56. The second kappa shape index (κ2) is 7.72. The van der Waals surface area contributed by atoms with Crippen molar-refractivity contribution in [2.75, 3.05) is 17.8 Å². The van der Waals surface area contributed by atoms with Crippen LogP contribution >= 0.6 is 11.8 Å². The van der Waals surface area contributed by atoms with Crippen LogP contribution < -0.4 is 0 Å². The van der Waals surface area contributed by atoms with Gasteiger partial charge in [0.05, 0.1) is 11.0 Å². The molecule has 3 atom stereocenters. The van der Waals surface area contributed by atoms with E-state index in [0.29, 0.717) is 12.0 Å². The summed E-state index contributed by atoms with van der Waals surface area (Å²) in [5.41, 5.74) is 0.421. The van der Waals surface area contributed by atoms with E-state index in [1.807, 2.05) is 30.3 Å². The lowest BCUT2D eigenvalue weighted by Crippen LogP contribution is -2.29. The molecule has 0 amide bonds. The third-order valence-electron chi connectivity index (χ3n) is 4.69. The van der Waals surface area contributed by atoms with Gasteiger partial charge in [0, 0.05) is 18.4 Å². The molecular weight excluding hydrogens is 368 g/mol. The summed E-state index contributed by atoms with van der Waals surface area (Å²) in [4.78, 5) is 0.248. The van der Waals surface area contributed by atoms with Gasteiger partial charge in [-0.05, 0) is 29.0 Å². The van der Waals surface area contributed by atoms with Gasteiger partial charge in [-0.1, -0.05) is 49.4 Å². The lowest BCUT2D eigenvalue weighted by atomic mass is 9.83. The Kier molecular flexibility index (Phi) is 5.77. The molecule has 1 aliphatic rings. The van der Waals surface area contributed by atoms with Crippen molar-refractivity contribution in [3.8, 4) is 0 Å². The van der Waals surface area contributed by atoms with Gasteiger partial charge in [-0.3, -0.25) is 0 Å². The molecule has 0 unspecified atom stereocenters. The van der Waals surface area contributed by atoms with Gasteiger partial charge in [-0.15, -0.1) is 0 Å². The second-order valence-corrected chi connectivity index (χ2v) is 9.97. The molecule has 3 rings (SSSR count). The van der Waals surface area contributed by atoms with Crippen LogP contribution in [0.5, 0.6) is 0 Å². The van der Waals surface area contributed by atoms with E-state index in [2.05, 4.69) is 6.92 Å². The normalized spacial score (nSPS) is 26.1. The average molecular weight is 393 g/mol. The Balaban J connectivity index is 1.97. The van der Waals surface area contributed by atoms with Crippen LogP contribution in [-0.4, -0.2) is 37.4 Å². The first-order valence-corrected chi connectivity index (χ1v) is 11.7. The molecule has 0 radical (unpaired) electrons. The molecule has 1 fully saturated rings. The van der Waals surface area contributed by atoms with Crippen LogP contribution in [0.15, 0.2) is 59.5 Å². The molecule has 26 heavy (non-hydrogen) atoms. The fraction of sp³-hybridized carbons (Fsp3) is 0.400. The lowest BCUT2D eigenvalue weighted by Gasteiger charge is -2.29. The van der Waals surface area contributed by atoms with Crippen molar-refractivity contribution in [1.29, 1.82) is 0 Å². The molecular formula is C20H24O4S2. The van der Waals surface area contributed by atoms with Crippen molar-refractivity contribution in [2.45, 2.75) is 36.0 Å². The first-order chi connectivity index (χ1) is 12.3. The zero-order valence-electron chi connectivity index (χ0n) is 15.0. The Morgan fingerprint density at radius 1 is 1.15 bits per heavy atom. The van der Waals surface area contributed by atoms with Gasteiger partial charge >= 0.3 is 0 Å². The van der Waals surface area contributed by atoms with E-state index in [1.165, 1.54) is 6.26 Å². The topological polar surface area (TPSA) is 63.6 Å². The molecule has 0 aromatic heterocycles. The Hall–Kier alpha value is -1.34. The van der Waals surface area contributed by atoms with Gasteiger partial charge in [-0.2, -0.15) is 11.8 Å². The van der Waals surface area contributed by atoms with Crippen LogP contribution in [0.25, 0.3) is 0 Å². The third kappa shape index (κ3) is 3.98. The zero-order chi connectivity index (χ0) is 18.8. The second-order valence-electron chi connectivity index (χ2n) is 6.63. The standard InChI is InChI=1S/C20H24O4S2/c1-3-25-14-17-13-20(21,19(24-17)15-7-5-4-6-8-15)16-9-11-18(12-10-16)26(2,22)23/h4-12,17,19,21H,3,13-14H2,1-2H3/t17-,19+,20-/m0/s1. The predicted molar refractivity (Wildman–Crippen MR) is 105 cm³/mol. The highest BCUT2D eigenvalue weighted by Crippen LogP contribution is 2.48. The minimum absolute atomic E-state index is 0.0512. The smallest absolute Gasteiger partial charge is 0.175 e. The summed E-state index contributed by atoms with van der Waals surface area (Å²) < 4.78 is 29.7. The number of ether oxygens (including phenoxy) is 1. The highest BCUT2D eigenvalue weighted by atomic mass is 32.2. The number of sulfone groups is 1. The summed E-state index contributed by atoms with van der Waals surface area (Å²) in [6.07, 6.45) is 1.14. The molecule has 1 N–H and O–H groups in total. The van der Waals surface area contributed by atoms with Crippen molar-refractivity contribution < 1.29 is 18.3 Å². The first-order valence-electron chi connectivity index (χ1n) is 8.65. The van der Waals surface area contributed by atoms with Gasteiger partial charge in [0.1, 0.15) is 11.7 Å². The van der Waals surface area contributed by atoms with Crippen LogP contribution in [0.1, 0.15) is 30.6 Å². The van der Waals surface area contributed by atoms with Crippen molar-refractivity contribution in [2.24, 2.45) is 0 Å². The number of aliphatic hydroxyl groups is 1. The maximum absolute atomic E-state index is 11.7. The van der Waals surface area contributed by atoms with Crippen molar-refractivity contribution in [1.82, 2.24) is 0 Å². The van der Waals surface area contributed by atoms with E-state index in [1.54, 1.807) is 36.0 Å².